The number of ketones is 1. The summed E-state index contributed by atoms with van der Waals surface area (Å²) in [6.07, 6.45) is -0.111. The molecule has 0 heterocycles. The van der Waals surface area contributed by atoms with E-state index >= 15 is 0 Å². The van der Waals surface area contributed by atoms with Crippen molar-refractivity contribution < 1.29 is 19.1 Å². The maximum absolute atomic E-state index is 12.2. The number of fused-ring (bicyclic) bond motifs is 1. The van der Waals surface area contributed by atoms with Crippen LogP contribution in [0.4, 0.5) is 4.79 Å². The van der Waals surface area contributed by atoms with E-state index in [1.807, 2.05) is 6.07 Å². The van der Waals surface area contributed by atoms with Crippen LogP contribution in [-0.4, -0.2) is 30.6 Å². The van der Waals surface area contributed by atoms with Gasteiger partial charge in [0, 0.05) is 12.0 Å². The number of amides is 1. The summed E-state index contributed by atoms with van der Waals surface area (Å²) < 4.78 is 10.3. The molecule has 1 atom stereocenters. The number of hydrogen-bond acceptors (Lipinski definition) is 4. The standard InChI is InChI=1S/C15H19NO4/c1-15(2,3)20-14(18)16-12-8-9-7-10(19-4)5-6-11(9)13(12)17/h5-7,12H,8H2,1-4H3,(H,16,18). The first-order valence-corrected chi connectivity index (χ1v) is 6.51. The lowest BCUT2D eigenvalue weighted by molar-refractivity contribution is 0.0495. The quantitative estimate of drug-likeness (QED) is 0.901. The SMILES string of the molecule is COc1ccc2c(c1)CC(NC(=O)OC(C)(C)C)C2=O. The number of methoxy groups -OCH3 is 1. The van der Waals surface area contributed by atoms with Crippen LogP contribution in [0.5, 0.6) is 5.75 Å². The van der Waals surface area contributed by atoms with E-state index in [0.717, 1.165) is 5.56 Å². The third kappa shape index (κ3) is 3.10. The average Bonchev–Trinajstić information content (AvgIpc) is 2.63. The first-order valence-electron chi connectivity index (χ1n) is 6.51. The topological polar surface area (TPSA) is 64.6 Å². The Morgan fingerprint density at radius 2 is 2.05 bits per heavy atom. The molecule has 0 aliphatic heterocycles. The normalized spacial score (nSPS) is 17.6. The van der Waals surface area contributed by atoms with Crippen molar-refractivity contribution in [3.05, 3.63) is 29.3 Å². The van der Waals surface area contributed by atoms with Gasteiger partial charge in [-0.15, -0.1) is 0 Å². The Balaban J connectivity index is 2.07. The Kier molecular flexibility index (Phi) is 3.70. The van der Waals surface area contributed by atoms with Crippen molar-refractivity contribution in [2.45, 2.75) is 38.8 Å². The lowest BCUT2D eigenvalue weighted by atomic mass is 10.1. The smallest absolute Gasteiger partial charge is 0.408 e. The molecule has 0 radical (unpaired) electrons. The van der Waals surface area contributed by atoms with Gasteiger partial charge in [-0.25, -0.2) is 4.79 Å². The van der Waals surface area contributed by atoms with Gasteiger partial charge >= 0.3 is 6.09 Å². The fraction of sp³-hybridized carbons (Fsp3) is 0.467. The molecule has 0 saturated heterocycles. The predicted molar refractivity (Wildman–Crippen MR) is 74.2 cm³/mol. The van der Waals surface area contributed by atoms with Gasteiger partial charge in [0.1, 0.15) is 11.4 Å². The van der Waals surface area contributed by atoms with E-state index in [0.29, 0.717) is 17.7 Å². The highest BCUT2D eigenvalue weighted by Gasteiger charge is 2.33. The van der Waals surface area contributed by atoms with Crippen LogP contribution in [0.1, 0.15) is 36.7 Å². The van der Waals surface area contributed by atoms with Gasteiger partial charge in [-0.05, 0) is 44.5 Å². The van der Waals surface area contributed by atoms with E-state index in [-0.39, 0.29) is 5.78 Å². The molecule has 1 aliphatic carbocycles. The molecule has 0 aromatic heterocycles. The zero-order valence-corrected chi connectivity index (χ0v) is 12.1. The van der Waals surface area contributed by atoms with Crippen LogP contribution in [0.25, 0.3) is 0 Å². The molecular weight excluding hydrogens is 258 g/mol. The summed E-state index contributed by atoms with van der Waals surface area (Å²) in [5, 5.41) is 2.62. The average molecular weight is 277 g/mol. The van der Waals surface area contributed by atoms with Crippen molar-refractivity contribution in [1.82, 2.24) is 5.32 Å². The van der Waals surface area contributed by atoms with Crippen molar-refractivity contribution in [3.63, 3.8) is 0 Å². The van der Waals surface area contributed by atoms with Crippen LogP contribution in [0.15, 0.2) is 18.2 Å². The molecule has 20 heavy (non-hydrogen) atoms. The van der Waals surface area contributed by atoms with Gasteiger partial charge in [-0.3, -0.25) is 4.79 Å². The van der Waals surface area contributed by atoms with Crippen LogP contribution in [0, 0.1) is 0 Å². The number of rotatable bonds is 2. The van der Waals surface area contributed by atoms with Gasteiger partial charge in [0.05, 0.1) is 13.2 Å². The molecule has 5 nitrogen and oxygen atoms in total. The van der Waals surface area contributed by atoms with E-state index in [4.69, 9.17) is 9.47 Å². The number of ether oxygens (including phenoxy) is 2. The minimum absolute atomic E-state index is 0.0893. The highest BCUT2D eigenvalue weighted by molar-refractivity contribution is 6.05. The van der Waals surface area contributed by atoms with Crippen LogP contribution in [-0.2, 0) is 11.2 Å². The maximum atomic E-state index is 12.2. The molecule has 5 heteroatoms. The Hall–Kier alpha value is -2.04. The van der Waals surface area contributed by atoms with Gasteiger partial charge < -0.3 is 14.8 Å². The number of nitrogens with one attached hydrogen (secondary N) is 1. The molecule has 108 valence electrons. The molecule has 1 aliphatic rings. The fourth-order valence-corrected chi connectivity index (χ4v) is 2.17. The van der Waals surface area contributed by atoms with Crippen LogP contribution in [0.2, 0.25) is 0 Å². The largest absolute Gasteiger partial charge is 0.497 e. The van der Waals surface area contributed by atoms with Crippen molar-refractivity contribution in [2.24, 2.45) is 0 Å². The number of benzene rings is 1. The second kappa shape index (κ2) is 5.15. The van der Waals surface area contributed by atoms with Crippen molar-refractivity contribution >= 4 is 11.9 Å². The molecular formula is C15H19NO4. The second-order valence-electron chi connectivity index (χ2n) is 5.79. The van der Waals surface area contributed by atoms with E-state index in [2.05, 4.69) is 5.32 Å². The summed E-state index contributed by atoms with van der Waals surface area (Å²) in [6.45, 7) is 5.34. The molecule has 0 saturated carbocycles. The number of hydrogen-bond donors (Lipinski definition) is 1. The molecule has 0 fully saturated rings. The molecule has 1 aromatic rings. The van der Waals surface area contributed by atoms with E-state index in [1.54, 1.807) is 40.0 Å². The second-order valence-corrected chi connectivity index (χ2v) is 5.79. The van der Waals surface area contributed by atoms with Gasteiger partial charge in [0.15, 0.2) is 5.78 Å². The number of alkyl carbamates (subject to hydrolysis) is 1. The third-order valence-corrected chi connectivity index (χ3v) is 3.01. The molecule has 1 amide bonds. The maximum Gasteiger partial charge on any atom is 0.408 e. The molecule has 0 spiro atoms. The summed E-state index contributed by atoms with van der Waals surface area (Å²) in [6, 6.07) is 4.73. The van der Waals surface area contributed by atoms with E-state index in [9.17, 15) is 9.59 Å². The Labute approximate surface area is 118 Å². The Bertz CT molecular complexity index is 545. The first kappa shape index (κ1) is 14.4. The van der Waals surface area contributed by atoms with Crippen LogP contribution >= 0.6 is 0 Å². The number of carbonyl (C=O) groups excluding carboxylic acids is 2. The molecule has 1 N–H and O–H groups in total. The third-order valence-electron chi connectivity index (χ3n) is 3.01. The Morgan fingerprint density at radius 3 is 2.65 bits per heavy atom. The van der Waals surface area contributed by atoms with Gasteiger partial charge in [-0.2, -0.15) is 0 Å². The lowest BCUT2D eigenvalue weighted by Gasteiger charge is -2.21. The van der Waals surface area contributed by atoms with Gasteiger partial charge in [-0.1, -0.05) is 0 Å². The molecule has 1 unspecified atom stereocenters. The van der Waals surface area contributed by atoms with Crippen molar-refractivity contribution in [3.8, 4) is 5.75 Å². The highest BCUT2D eigenvalue weighted by Crippen LogP contribution is 2.26. The van der Waals surface area contributed by atoms with E-state index < -0.39 is 17.7 Å². The van der Waals surface area contributed by atoms with Crippen LogP contribution < -0.4 is 10.1 Å². The summed E-state index contributed by atoms with van der Waals surface area (Å²) in [5.74, 6) is 0.614. The lowest BCUT2D eigenvalue weighted by Crippen LogP contribution is -2.42. The number of Topliss-reactive ketones (excluding diaryl/α,β-unsaturated/α-hetero) is 1. The minimum atomic E-state index is -0.582. The molecule has 2 rings (SSSR count). The predicted octanol–water partition coefficient (Wildman–Crippen LogP) is 2.33. The van der Waals surface area contributed by atoms with Crippen molar-refractivity contribution in [1.29, 1.82) is 0 Å². The highest BCUT2D eigenvalue weighted by atomic mass is 16.6. The Morgan fingerprint density at radius 1 is 1.35 bits per heavy atom. The summed E-state index contributed by atoms with van der Waals surface area (Å²) in [5.41, 5.74) is 0.934. The molecule has 1 aromatic carbocycles. The molecule has 0 bridgehead atoms. The monoisotopic (exact) mass is 277 g/mol. The first-order chi connectivity index (χ1) is 9.30. The van der Waals surface area contributed by atoms with Gasteiger partial charge in [0.25, 0.3) is 0 Å². The summed E-state index contributed by atoms with van der Waals surface area (Å²) in [7, 11) is 1.58. The zero-order valence-electron chi connectivity index (χ0n) is 12.1. The minimum Gasteiger partial charge on any atom is -0.497 e. The fourth-order valence-electron chi connectivity index (χ4n) is 2.17. The van der Waals surface area contributed by atoms with Crippen LogP contribution in [0.3, 0.4) is 0 Å². The van der Waals surface area contributed by atoms with Crippen molar-refractivity contribution in [2.75, 3.05) is 7.11 Å². The summed E-state index contributed by atoms with van der Waals surface area (Å²) >= 11 is 0. The summed E-state index contributed by atoms with van der Waals surface area (Å²) in [4.78, 5) is 23.9. The van der Waals surface area contributed by atoms with Gasteiger partial charge in [0.2, 0.25) is 0 Å². The number of carbonyl (C=O) groups is 2. The zero-order chi connectivity index (χ0) is 14.9. The van der Waals surface area contributed by atoms with E-state index in [1.165, 1.54) is 0 Å².